The molecule has 6 aliphatic carbocycles. The minimum atomic E-state index is -0.691. The molecule has 3 N–H and O–H groups in total. The summed E-state index contributed by atoms with van der Waals surface area (Å²) in [5, 5.41) is 17.1. The normalized spacial score (nSPS) is 48.3. The first kappa shape index (κ1) is 56.8. The largest absolute Gasteiger partial charge is 0.445 e. The zero-order valence-corrected chi connectivity index (χ0v) is 48.1. The van der Waals surface area contributed by atoms with Gasteiger partial charge in [0.2, 0.25) is 11.8 Å². The Hall–Kier alpha value is -2.94. The van der Waals surface area contributed by atoms with E-state index in [1.807, 2.05) is 0 Å². The number of ketones is 2. The number of nitrogens with one attached hydrogen (secondary N) is 2. The summed E-state index contributed by atoms with van der Waals surface area (Å²) in [6.45, 7) is 27.2. The van der Waals surface area contributed by atoms with Crippen molar-refractivity contribution >= 4 is 35.6 Å². The number of ether oxygens (including phenoxy) is 3. The topological polar surface area (TPSA) is 181 Å². The number of hydrogen-bond donors (Lipinski definition) is 3. The predicted molar refractivity (Wildman–Crippen MR) is 286 cm³/mol. The van der Waals surface area contributed by atoms with Crippen molar-refractivity contribution in [2.75, 3.05) is 46.4 Å². The average molecular weight is 1050 g/mol. The van der Waals surface area contributed by atoms with Crippen LogP contribution in [0.1, 0.15) is 185 Å². The molecular formula is C61H98N4O10. The Labute approximate surface area is 449 Å². The van der Waals surface area contributed by atoms with E-state index < -0.39 is 46.7 Å². The summed E-state index contributed by atoms with van der Waals surface area (Å²) in [5.74, 6) is 0.812. The van der Waals surface area contributed by atoms with Gasteiger partial charge in [0, 0.05) is 73.7 Å². The summed E-state index contributed by atoms with van der Waals surface area (Å²) in [5.41, 5.74) is -2.30. The molecule has 0 aromatic rings. The van der Waals surface area contributed by atoms with E-state index in [4.69, 9.17) is 14.2 Å². The average Bonchev–Trinajstić information content (AvgIpc) is 4.28. The molecule has 0 radical (unpaired) electrons. The van der Waals surface area contributed by atoms with Gasteiger partial charge in [0.15, 0.2) is 0 Å². The Bertz CT molecular complexity index is 2190. The standard InChI is InChI=1S/C31H50N2O5.C30H48N2O5/c1-7-8-12-29(4)16-24(38-28(36)32-27(35)22-18-33-15-11-21(22)17-33)30(5)19(2)9-13-31(20(3)26(29)34)14-10-23(37-6)25(30)31;1-6-7-11-28(4)15-23(37-27(36)31-26(35)21-17-32-14-10-20(21)16-32)29(5)18(2)8-12-30(19(3)25(28)34)13-9-22(33)24(29)30/h19-25H,7-18H2,1-6H3,(H,32,35,36);18-21,23-25,34H,6-17H2,1-5H3,(H,31,35,36)/t19-,20+,21-,22+,23-,24-,25?,29-,30+,31?;18-,19+,20-,21+,23-,24?,25+,28-,29+,30?/m11/s1. The molecule has 4 aliphatic heterocycles. The SMILES string of the molecule is CCCC[C@]1(C)C[C@@H](OC(=O)NC(=O)[C@H]2CN3CC[C@@H]2C3)[C@@]2(C)C3C(=O)CCC3(CC[C@H]2C)[C@@H](C)[C@@H]1O.CCCC[C@]1(C)C[C@@H](OC(=O)NC(=O)[C@H]2CN3CC[C@@H]2C3)[C@@]2(C)C3[C@H](OC)CCC3(CC[C@H]2C)[C@@H](C)C1=O. The summed E-state index contributed by atoms with van der Waals surface area (Å²) in [7, 11) is 1.79. The van der Waals surface area contributed by atoms with Crippen LogP contribution >= 0.6 is 0 Å². The van der Waals surface area contributed by atoms with E-state index in [0.717, 1.165) is 129 Å². The van der Waals surface area contributed by atoms with Gasteiger partial charge in [0.1, 0.15) is 23.8 Å². The molecule has 8 bridgehead atoms. The highest BCUT2D eigenvalue weighted by atomic mass is 16.6. The number of piperidine rings is 2. The second-order valence-corrected chi connectivity index (χ2v) is 28.0. The first-order valence-electron chi connectivity index (χ1n) is 30.2. The van der Waals surface area contributed by atoms with Crippen LogP contribution in [-0.2, 0) is 33.4 Å². The Kier molecular flexibility index (Phi) is 16.1. The molecule has 6 saturated carbocycles. The van der Waals surface area contributed by atoms with Crippen molar-refractivity contribution in [3.05, 3.63) is 0 Å². The molecule has 75 heavy (non-hydrogen) atoms. The van der Waals surface area contributed by atoms with Gasteiger partial charge in [-0.3, -0.25) is 29.8 Å². The van der Waals surface area contributed by atoms with Crippen molar-refractivity contribution in [1.29, 1.82) is 0 Å². The van der Waals surface area contributed by atoms with Gasteiger partial charge in [-0.15, -0.1) is 0 Å². The molecule has 10 fully saturated rings. The lowest BCUT2D eigenvalue weighted by atomic mass is 9.43. The molecule has 0 aromatic carbocycles. The van der Waals surface area contributed by atoms with Gasteiger partial charge in [-0.05, 0) is 142 Å². The summed E-state index contributed by atoms with van der Waals surface area (Å²) in [6.07, 6.45) is 12.9. The predicted octanol–water partition coefficient (Wildman–Crippen LogP) is 9.77. The number of unbranched alkanes of at least 4 members (excludes halogenated alkanes) is 2. The van der Waals surface area contributed by atoms with Crippen LogP contribution in [0.3, 0.4) is 0 Å². The molecule has 14 heteroatoms. The number of carbonyl (C=O) groups excluding carboxylic acids is 6. The van der Waals surface area contributed by atoms with Crippen molar-refractivity contribution in [1.82, 2.24) is 20.4 Å². The number of carbonyl (C=O) groups is 6. The summed E-state index contributed by atoms with van der Waals surface area (Å²) >= 11 is 0. The minimum Gasteiger partial charge on any atom is -0.445 e. The van der Waals surface area contributed by atoms with Gasteiger partial charge >= 0.3 is 12.2 Å². The summed E-state index contributed by atoms with van der Waals surface area (Å²) < 4.78 is 18.7. The molecule has 10 rings (SSSR count). The monoisotopic (exact) mass is 1050 g/mol. The molecule has 4 amide bonds. The van der Waals surface area contributed by atoms with Crippen molar-refractivity contribution in [2.45, 2.75) is 209 Å². The number of amides is 4. The maximum atomic E-state index is 14.3. The lowest BCUT2D eigenvalue weighted by molar-refractivity contribution is -0.199. The minimum absolute atomic E-state index is 0.00164. The van der Waals surface area contributed by atoms with E-state index in [1.165, 1.54) is 0 Å². The Morgan fingerprint density at radius 1 is 0.667 bits per heavy atom. The maximum Gasteiger partial charge on any atom is 0.414 e. The van der Waals surface area contributed by atoms with Gasteiger partial charge in [-0.25, -0.2) is 9.59 Å². The highest BCUT2D eigenvalue weighted by molar-refractivity contribution is 5.94. The van der Waals surface area contributed by atoms with Crippen molar-refractivity contribution in [3.63, 3.8) is 0 Å². The molecular weight excluding hydrogens is 949 g/mol. The number of hydrogen-bond acceptors (Lipinski definition) is 12. The van der Waals surface area contributed by atoms with Crippen molar-refractivity contribution in [2.24, 2.45) is 91.7 Å². The van der Waals surface area contributed by atoms with Crippen molar-refractivity contribution in [3.8, 4) is 0 Å². The summed E-state index contributed by atoms with van der Waals surface area (Å²) in [6, 6.07) is 0. The molecule has 14 nitrogen and oxygen atoms in total. The highest BCUT2D eigenvalue weighted by Gasteiger charge is 2.70. The Morgan fingerprint density at radius 3 is 1.71 bits per heavy atom. The Balaban J connectivity index is 0.000000184. The summed E-state index contributed by atoms with van der Waals surface area (Å²) in [4.78, 5) is 85.4. The molecule has 4 saturated heterocycles. The quantitative estimate of drug-likeness (QED) is 0.179. The van der Waals surface area contributed by atoms with Gasteiger partial charge in [0.05, 0.1) is 24.0 Å². The molecule has 4 heterocycles. The third-order valence-electron chi connectivity index (χ3n) is 24.5. The third-order valence-corrected chi connectivity index (χ3v) is 24.5. The smallest absolute Gasteiger partial charge is 0.414 e. The van der Waals surface area contributed by atoms with E-state index >= 15 is 0 Å². The number of aliphatic hydroxyl groups excluding tert-OH is 1. The fourth-order valence-corrected chi connectivity index (χ4v) is 19.5. The number of rotatable bonds is 11. The van der Waals surface area contributed by atoms with Crippen LogP contribution in [-0.4, -0.2) is 121 Å². The van der Waals surface area contributed by atoms with E-state index in [9.17, 15) is 33.9 Å². The van der Waals surface area contributed by atoms with Gasteiger partial charge in [-0.2, -0.15) is 0 Å². The van der Waals surface area contributed by atoms with Crippen molar-refractivity contribution < 1.29 is 48.1 Å². The van der Waals surface area contributed by atoms with Gasteiger partial charge in [-0.1, -0.05) is 94.9 Å². The second kappa shape index (κ2) is 21.3. The lowest BCUT2D eigenvalue weighted by Gasteiger charge is -2.62. The number of Topliss-reactive ketones (excluding diaryl/α,β-unsaturated/α-hetero) is 2. The fraction of sp³-hybridized carbons (Fsp3) is 0.902. The third kappa shape index (κ3) is 9.48. The van der Waals surface area contributed by atoms with Crippen LogP contribution in [0.2, 0.25) is 0 Å². The van der Waals surface area contributed by atoms with Crippen LogP contribution < -0.4 is 10.6 Å². The number of imide groups is 2. The first-order chi connectivity index (χ1) is 35.5. The zero-order valence-electron chi connectivity index (χ0n) is 48.1. The first-order valence-corrected chi connectivity index (χ1v) is 30.2. The maximum absolute atomic E-state index is 14.3. The highest BCUT2D eigenvalue weighted by Crippen LogP contribution is 2.70. The number of aliphatic hydroxyl groups is 1. The lowest BCUT2D eigenvalue weighted by Crippen LogP contribution is -2.63. The van der Waals surface area contributed by atoms with Gasteiger partial charge < -0.3 is 29.1 Å². The number of alkyl carbamates (subject to hydrolysis) is 2. The molecule has 0 spiro atoms. The molecule has 422 valence electrons. The van der Waals surface area contributed by atoms with Crippen LogP contribution in [0.5, 0.6) is 0 Å². The van der Waals surface area contributed by atoms with Crippen LogP contribution in [0.15, 0.2) is 0 Å². The molecule has 10 aliphatic rings. The van der Waals surface area contributed by atoms with E-state index in [-0.39, 0.29) is 81.4 Å². The number of methoxy groups -OCH3 is 1. The Morgan fingerprint density at radius 2 is 1.19 bits per heavy atom. The molecule has 22 atom stereocenters. The fourth-order valence-electron chi connectivity index (χ4n) is 19.5. The number of fused-ring (bicyclic) bond motifs is 4. The van der Waals surface area contributed by atoms with E-state index in [2.05, 4.69) is 89.7 Å². The number of nitrogens with zero attached hydrogens (tertiary/aromatic N) is 2. The zero-order chi connectivity index (χ0) is 54.2. The molecule has 0 aromatic heterocycles. The molecule has 6 unspecified atom stereocenters. The second-order valence-electron chi connectivity index (χ2n) is 28.0. The van der Waals surface area contributed by atoms with Gasteiger partial charge in [0.25, 0.3) is 0 Å². The van der Waals surface area contributed by atoms with Crippen LogP contribution in [0.4, 0.5) is 9.59 Å². The van der Waals surface area contributed by atoms with Crippen LogP contribution in [0.25, 0.3) is 0 Å². The van der Waals surface area contributed by atoms with E-state index in [0.29, 0.717) is 49.3 Å². The van der Waals surface area contributed by atoms with E-state index in [1.54, 1.807) is 7.11 Å². The van der Waals surface area contributed by atoms with Crippen LogP contribution in [0, 0.1) is 91.7 Å².